The van der Waals surface area contributed by atoms with Crippen molar-refractivity contribution in [3.63, 3.8) is 0 Å². The number of amides is 1. The van der Waals surface area contributed by atoms with Crippen LogP contribution in [0.4, 0.5) is 5.82 Å². The van der Waals surface area contributed by atoms with Crippen LogP contribution >= 0.6 is 11.8 Å². The normalized spacial score (nSPS) is 12.2. The minimum absolute atomic E-state index is 0.205. The number of para-hydroxylation sites is 1. The van der Waals surface area contributed by atoms with Gasteiger partial charge in [-0.2, -0.15) is 11.8 Å². The van der Waals surface area contributed by atoms with Gasteiger partial charge in [0, 0.05) is 43.5 Å². The zero-order chi connectivity index (χ0) is 24.5. The lowest BCUT2D eigenvalue weighted by molar-refractivity contribution is -0.140. The molecular weight excluding hydrogens is 456 g/mol. The van der Waals surface area contributed by atoms with Crippen molar-refractivity contribution in [2.75, 3.05) is 37.0 Å². The lowest BCUT2D eigenvalue weighted by atomic mass is 10.2. The summed E-state index contributed by atoms with van der Waals surface area (Å²) in [5, 5.41) is 3.87. The van der Waals surface area contributed by atoms with Gasteiger partial charge in [-0.25, -0.2) is 9.97 Å². The van der Waals surface area contributed by atoms with E-state index >= 15 is 0 Å². The average molecular weight is 489 g/mol. The number of pyridine rings is 1. The number of benzene rings is 1. The molecule has 1 atom stereocenters. The summed E-state index contributed by atoms with van der Waals surface area (Å²) in [6.45, 7) is 5.64. The summed E-state index contributed by atoms with van der Waals surface area (Å²) >= 11 is 1.48. The van der Waals surface area contributed by atoms with Gasteiger partial charge in [-0.05, 0) is 19.4 Å². The summed E-state index contributed by atoms with van der Waals surface area (Å²) in [7, 11) is 0. The predicted octanol–water partition coefficient (Wildman–Crippen LogP) is 1.83. The van der Waals surface area contributed by atoms with Crippen molar-refractivity contribution in [2.24, 2.45) is 5.73 Å². The van der Waals surface area contributed by atoms with Crippen molar-refractivity contribution in [3.8, 4) is 0 Å². The number of carbonyl (C=O) groups is 2. The number of ether oxygens (including phenoxy) is 2. The molecule has 10 nitrogen and oxygen atoms in total. The number of aromatic nitrogens is 3. The first-order valence-corrected chi connectivity index (χ1v) is 12.4. The SMILES string of the molecule is CCOCc1nc2c(N)nc3ccccc3c2n1CCCNC(=O)[C@@H](N)CSCCOC(C)=O. The molecule has 184 valence electrons. The Bertz CT molecular complexity index is 1140. The average Bonchev–Trinajstić information content (AvgIpc) is 3.19. The third-order valence-electron chi connectivity index (χ3n) is 5.15. The van der Waals surface area contributed by atoms with Crippen molar-refractivity contribution in [2.45, 2.75) is 39.5 Å². The van der Waals surface area contributed by atoms with E-state index in [1.165, 1.54) is 18.7 Å². The van der Waals surface area contributed by atoms with Crippen LogP contribution in [0.25, 0.3) is 21.9 Å². The van der Waals surface area contributed by atoms with Gasteiger partial charge < -0.3 is 30.8 Å². The molecule has 2 aromatic heterocycles. The van der Waals surface area contributed by atoms with Crippen LogP contribution in [0.2, 0.25) is 0 Å². The molecule has 0 aliphatic rings. The second-order valence-corrected chi connectivity index (χ2v) is 8.84. The second kappa shape index (κ2) is 12.5. The van der Waals surface area contributed by atoms with E-state index in [1.54, 1.807) is 0 Å². The highest BCUT2D eigenvalue weighted by Crippen LogP contribution is 2.29. The first-order chi connectivity index (χ1) is 16.4. The van der Waals surface area contributed by atoms with Gasteiger partial charge in [0.15, 0.2) is 5.82 Å². The highest BCUT2D eigenvalue weighted by atomic mass is 32.2. The largest absolute Gasteiger partial charge is 0.465 e. The molecule has 11 heteroatoms. The van der Waals surface area contributed by atoms with Crippen LogP contribution in [0.3, 0.4) is 0 Å². The van der Waals surface area contributed by atoms with Gasteiger partial charge in [-0.1, -0.05) is 18.2 Å². The van der Waals surface area contributed by atoms with Crippen LogP contribution in [0.15, 0.2) is 24.3 Å². The Morgan fingerprint density at radius 3 is 2.82 bits per heavy atom. The standard InChI is InChI=1S/C23H32N6O4S/c1-3-32-13-19-28-20-21(16-7-4-5-8-18(16)27-22(20)25)29(19)10-6-9-26-23(31)17(24)14-34-12-11-33-15(2)30/h4-5,7-8,17H,3,6,9-14,24H2,1-2H3,(H2,25,27)(H,26,31)/t17-/m0/s1. The molecule has 2 heterocycles. The lowest BCUT2D eigenvalue weighted by Crippen LogP contribution is -2.42. The van der Waals surface area contributed by atoms with Crippen molar-refractivity contribution < 1.29 is 19.1 Å². The van der Waals surface area contributed by atoms with Crippen LogP contribution in [-0.4, -0.2) is 63.7 Å². The number of hydrogen-bond acceptors (Lipinski definition) is 9. The van der Waals surface area contributed by atoms with Crippen LogP contribution in [-0.2, 0) is 32.2 Å². The number of aryl methyl sites for hydroxylation is 1. The Labute approximate surface area is 202 Å². The van der Waals surface area contributed by atoms with E-state index in [9.17, 15) is 9.59 Å². The highest BCUT2D eigenvalue weighted by molar-refractivity contribution is 7.99. The third kappa shape index (κ3) is 6.58. The molecule has 0 saturated carbocycles. The lowest BCUT2D eigenvalue weighted by Gasteiger charge is -2.14. The Balaban J connectivity index is 1.62. The molecule has 0 aliphatic carbocycles. The maximum Gasteiger partial charge on any atom is 0.302 e. The number of carbonyl (C=O) groups excluding carboxylic acids is 2. The smallest absolute Gasteiger partial charge is 0.302 e. The first kappa shape index (κ1) is 25.7. The number of rotatable bonds is 13. The van der Waals surface area contributed by atoms with Gasteiger partial charge >= 0.3 is 5.97 Å². The molecule has 3 rings (SSSR count). The van der Waals surface area contributed by atoms with Crippen molar-refractivity contribution in [1.29, 1.82) is 0 Å². The number of anilines is 1. The molecule has 0 aliphatic heterocycles. The number of nitrogens with zero attached hydrogens (tertiary/aromatic N) is 3. The third-order valence-corrected chi connectivity index (χ3v) is 6.20. The zero-order valence-corrected chi connectivity index (χ0v) is 20.4. The number of nitrogens with two attached hydrogens (primary N) is 2. The predicted molar refractivity (Wildman–Crippen MR) is 134 cm³/mol. The molecule has 3 aromatic rings. The fraction of sp³-hybridized carbons (Fsp3) is 0.478. The van der Waals surface area contributed by atoms with Gasteiger partial charge in [0.25, 0.3) is 0 Å². The minimum Gasteiger partial charge on any atom is -0.465 e. The molecule has 5 N–H and O–H groups in total. The number of hydrogen-bond donors (Lipinski definition) is 3. The van der Waals surface area contributed by atoms with Crippen LogP contribution < -0.4 is 16.8 Å². The molecule has 34 heavy (non-hydrogen) atoms. The maximum absolute atomic E-state index is 12.3. The van der Waals surface area contributed by atoms with Gasteiger partial charge in [-0.3, -0.25) is 9.59 Å². The summed E-state index contributed by atoms with van der Waals surface area (Å²) in [5.41, 5.74) is 14.6. The molecule has 1 amide bonds. The summed E-state index contributed by atoms with van der Waals surface area (Å²) in [4.78, 5) is 32.3. The fourth-order valence-corrected chi connectivity index (χ4v) is 4.33. The first-order valence-electron chi connectivity index (χ1n) is 11.3. The van der Waals surface area contributed by atoms with E-state index in [4.69, 9.17) is 25.9 Å². The van der Waals surface area contributed by atoms with E-state index in [2.05, 4.69) is 14.9 Å². The summed E-state index contributed by atoms with van der Waals surface area (Å²) < 4.78 is 12.6. The Kier molecular flexibility index (Phi) is 9.49. The van der Waals surface area contributed by atoms with Gasteiger partial charge in [0.05, 0.1) is 17.1 Å². The molecule has 0 radical (unpaired) electrons. The van der Waals surface area contributed by atoms with Gasteiger partial charge in [0.2, 0.25) is 5.91 Å². The Morgan fingerprint density at radius 1 is 1.26 bits per heavy atom. The minimum atomic E-state index is -0.625. The molecule has 0 bridgehead atoms. The number of nitrogen functional groups attached to an aromatic ring is 1. The molecule has 0 saturated heterocycles. The van der Waals surface area contributed by atoms with E-state index in [-0.39, 0.29) is 11.9 Å². The zero-order valence-electron chi connectivity index (χ0n) is 19.6. The quantitative estimate of drug-likeness (QED) is 0.242. The maximum atomic E-state index is 12.3. The summed E-state index contributed by atoms with van der Waals surface area (Å²) in [5.74, 6) is 1.69. The van der Waals surface area contributed by atoms with Crippen molar-refractivity contribution >= 4 is 51.4 Å². The number of nitrogens with one attached hydrogen (secondary N) is 1. The Hall–Kier alpha value is -2.89. The number of esters is 1. The number of thioether (sulfide) groups is 1. The second-order valence-electron chi connectivity index (χ2n) is 7.69. The summed E-state index contributed by atoms with van der Waals surface area (Å²) in [6.07, 6.45) is 0.680. The Morgan fingerprint density at radius 2 is 2.06 bits per heavy atom. The molecule has 1 aromatic carbocycles. The van der Waals surface area contributed by atoms with E-state index in [1.807, 2.05) is 31.2 Å². The van der Waals surface area contributed by atoms with E-state index < -0.39 is 6.04 Å². The van der Waals surface area contributed by atoms with Crippen LogP contribution in [0.5, 0.6) is 0 Å². The highest BCUT2D eigenvalue weighted by Gasteiger charge is 2.18. The van der Waals surface area contributed by atoms with Crippen molar-refractivity contribution in [1.82, 2.24) is 19.9 Å². The molecule has 0 unspecified atom stereocenters. The molecular formula is C23H32N6O4S. The van der Waals surface area contributed by atoms with Crippen LogP contribution in [0, 0.1) is 0 Å². The fourth-order valence-electron chi connectivity index (χ4n) is 3.56. The van der Waals surface area contributed by atoms with Gasteiger partial charge in [-0.15, -0.1) is 0 Å². The molecule has 0 spiro atoms. The number of fused-ring (bicyclic) bond motifs is 3. The van der Waals surface area contributed by atoms with Gasteiger partial charge in [0.1, 0.15) is 24.6 Å². The van der Waals surface area contributed by atoms with Crippen molar-refractivity contribution in [3.05, 3.63) is 30.1 Å². The summed E-state index contributed by atoms with van der Waals surface area (Å²) in [6, 6.07) is 7.20. The van der Waals surface area contributed by atoms with E-state index in [0.29, 0.717) is 62.2 Å². The molecule has 0 fully saturated rings. The number of imidazole rings is 1. The monoisotopic (exact) mass is 488 g/mol. The van der Waals surface area contributed by atoms with E-state index in [0.717, 1.165) is 22.2 Å². The topological polar surface area (TPSA) is 147 Å². The van der Waals surface area contributed by atoms with Crippen LogP contribution in [0.1, 0.15) is 26.1 Å².